The summed E-state index contributed by atoms with van der Waals surface area (Å²) in [5, 5.41) is 13.6. The van der Waals surface area contributed by atoms with Crippen molar-refractivity contribution in [3.05, 3.63) is 63.1 Å². The molecule has 2 aromatic rings. The van der Waals surface area contributed by atoms with Gasteiger partial charge in [-0.05, 0) is 48.7 Å². The number of aliphatic hydroxyl groups excluding tert-OH is 1. The molecule has 0 aliphatic carbocycles. The SMILES string of the molecule is Cc1cccc(C)c1OCC(=O)NCC(O)c1cc(Cl)cc(Cl)c1. The van der Waals surface area contributed by atoms with Crippen LogP contribution in [0.3, 0.4) is 0 Å². The molecule has 6 heteroatoms. The van der Waals surface area contributed by atoms with E-state index in [0.29, 0.717) is 21.4 Å². The quantitative estimate of drug-likeness (QED) is 0.815. The Balaban J connectivity index is 1.87. The minimum absolute atomic E-state index is 0.0472. The minimum atomic E-state index is -0.898. The third-order valence-electron chi connectivity index (χ3n) is 3.52. The summed E-state index contributed by atoms with van der Waals surface area (Å²) in [5.74, 6) is 0.389. The maximum absolute atomic E-state index is 11.9. The predicted octanol–water partition coefficient (Wildman–Crippen LogP) is 3.84. The Morgan fingerprint density at radius 3 is 2.33 bits per heavy atom. The van der Waals surface area contributed by atoms with Gasteiger partial charge in [0, 0.05) is 16.6 Å². The van der Waals surface area contributed by atoms with Crippen LogP contribution in [0.5, 0.6) is 5.75 Å². The second kappa shape index (κ2) is 8.38. The summed E-state index contributed by atoms with van der Waals surface area (Å²) in [6, 6.07) is 10.6. The fourth-order valence-corrected chi connectivity index (χ4v) is 2.85. The molecule has 0 fully saturated rings. The summed E-state index contributed by atoms with van der Waals surface area (Å²) in [6.45, 7) is 3.78. The minimum Gasteiger partial charge on any atom is -0.483 e. The molecule has 1 atom stereocenters. The average molecular weight is 368 g/mol. The maximum atomic E-state index is 11.9. The van der Waals surface area contributed by atoms with Crippen molar-refractivity contribution in [2.75, 3.05) is 13.2 Å². The number of aryl methyl sites for hydroxylation is 2. The van der Waals surface area contributed by atoms with Crippen molar-refractivity contribution in [1.82, 2.24) is 5.32 Å². The van der Waals surface area contributed by atoms with Crippen LogP contribution in [0, 0.1) is 13.8 Å². The van der Waals surface area contributed by atoms with Crippen molar-refractivity contribution in [2.24, 2.45) is 0 Å². The summed E-state index contributed by atoms with van der Waals surface area (Å²) in [4.78, 5) is 11.9. The summed E-state index contributed by atoms with van der Waals surface area (Å²) in [5.41, 5.74) is 2.48. The van der Waals surface area contributed by atoms with E-state index in [1.807, 2.05) is 32.0 Å². The molecule has 24 heavy (non-hydrogen) atoms. The van der Waals surface area contributed by atoms with E-state index < -0.39 is 6.10 Å². The first-order valence-corrected chi connectivity index (χ1v) is 8.22. The molecule has 2 aromatic carbocycles. The average Bonchev–Trinajstić information content (AvgIpc) is 2.51. The Kier molecular flexibility index (Phi) is 6.49. The topological polar surface area (TPSA) is 58.6 Å². The maximum Gasteiger partial charge on any atom is 0.258 e. The third-order valence-corrected chi connectivity index (χ3v) is 3.96. The van der Waals surface area contributed by atoms with Gasteiger partial charge < -0.3 is 15.2 Å². The molecule has 4 nitrogen and oxygen atoms in total. The van der Waals surface area contributed by atoms with Gasteiger partial charge in [-0.3, -0.25) is 4.79 Å². The number of ether oxygens (including phenoxy) is 1. The largest absolute Gasteiger partial charge is 0.483 e. The van der Waals surface area contributed by atoms with E-state index >= 15 is 0 Å². The molecule has 0 saturated carbocycles. The fourth-order valence-electron chi connectivity index (χ4n) is 2.31. The van der Waals surface area contributed by atoms with Gasteiger partial charge in [-0.25, -0.2) is 0 Å². The molecule has 0 heterocycles. The van der Waals surface area contributed by atoms with Gasteiger partial charge in [-0.1, -0.05) is 41.4 Å². The molecule has 2 rings (SSSR count). The predicted molar refractivity (Wildman–Crippen MR) is 95.8 cm³/mol. The standard InChI is InChI=1S/C18H19Cl2NO3/c1-11-4-3-5-12(2)18(11)24-10-17(23)21-9-16(22)13-6-14(19)8-15(20)7-13/h3-8,16,22H,9-10H2,1-2H3,(H,21,23). The van der Waals surface area contributed by atoms with Crippen LogP contribution < -0.4 is 10.1 Å². The molecule has 1 amide bonds. The Morgan fingerprint density at radius 1 is 1.17 bits per heavy atom. The number of para-hydroxylation sites is 1. The summed E-state index contributed by atoms with van der Waals surface area (Å²) < 4.78 is 5.57. The first kappa shape index (κ1) is 18.6. The van der Waals surface area contributed by atoms with E-state index in [-0.39, 0.29) is 19.1 Å². The Hall–Kier alpha value is -1.75. The Labute approximate surface area is 151 Å². The van der Waals surface area contributed by atoms with Crippen molar-refractivity contribution < 1.29 is 14.6 Å². The first-order chi connectivity index (χ1) is 11.4. The molecule has 0 aliphatic heterocycles. The van der Waals surface area contributed by atoms with Gasteiger partial charge in [-0.2, -0.15) is 0 Å². The zero-order valence-electron chi connectivity index (χ0n) is 13.5. The van der Waals surface area contributed by atoms with Gasteiger partial charge in [0.15, 0.2) is 6.61 Å². The van der Waals surface area contributed by atoms with Crippen molar-refractivity contribution in [2.45, 2.75) is 20.0 Å². The van der Waals surface area contributed by atoms with E-state index in [1.54, 1.807) is 18.2 Å². The lowest BCUT2D eigenvalue weighted by atomic mass is 10.1. The lowest BCUT2D eigenvalue weighted by Gasteiger charge is -2.14. The molecule has 0 saturated heterocycles. The number of aliphatic hydroxyl groups is 1. The molecule has 2 N–H and O–H groups in total. The van der Waals surface area contributed by atoms with Crippen LogP contribution in [-0.4, -0.2) is 24.2 Å². The zero-order chi connectivity index (χ0) is 17.7. The second-order valence-electron chi connectivity index (χ2n) is 5.53. The second-order valence-corrected chi connectivity index (χ2v) is 6.41. The number of rotatable bonds is 6. The van der Waals surface area contributed by atoms with Crippen LogP contribution in [0.15, 0.2) is 36.4 Å². The number of nitrogens with one attached hydrogen (secondary N) is 1. The monoisotopic (exact) mass is 367 g/mol. The van der Waals surface area contributed by atoms with Gasteiger partial charge >= 0.3 is 0 Å². The lowest BCUT2D eigenvalue weighted by Crippen LogP contribution is -2.32. The smallest absolute Gasteiger partial charge is 0.258 e. The molecule has 0 bridgehead atoms. The van der Waals surface area contributed by atoms with Crippen LogP contribution in [-0.2, 0) is 4.79 Å². The summed E-state index contributed by atoms with van der Waals surface area (Å²) in [6.07, 6.45) is -0.898. The summed E-state index contributed by atoms with van der Waals surface area (Å²) >= 11 is 11.8. The molecular formula is C18H19Cl2NO3. The normalized spacial score (nSPS) is 11.9. The highest BCUT2D eigenvalue weighted by molar-refractivity contribution is 6.34. The van der Waals surface area contributed by atoms with Crippen molar-refractivity contribution in [3.8, 4) is 5.75 Å². The summed E-state index contributed by atoms with van der Waals surface area (Å²) in [7, 11) is 0. The molecule has 0 radical (unpaired) electrons. The number of amides is 1. The molecule has 0 spiro atoms. The van der Waals surface area contributed by atoms with E-state index in [4.69, 9.17) is 27.9 Å². The highest BCUT2D eigenvalue weighted by atomic mass is 35.5. The van der Waals surface area contributed by atoms with Gasteiger partial charge in [0.25, 0.3) is 5.91 Å². The van der Waals surface area contributed by atoms with E-state index in [1.165, 1.54) is 0 Å². The van der Waals surface area contributed by atoms with E-state index in [0.717, 1.165) is 11.1 Å². The van der Waals surface area contributed by atoms with Crippen LogP contribution in [0.1, 0.15) is 22.8 Å². The van der Waals surface area contributed by atoms with Crippen LogP contribution >= 0.6 is 23.2 Å². The number of benzene rings is 2. The zero-order valence-corrected chi connectivity index (χ0v) is 15.0. The van der Waals surface area contributed by atoms with Gasteiger partial charge in [0.2, 0.25) is 0 Å². The Bertz CT molecular complexity index is 694. The van der Waals surface area contributed by atoms with E-state index in [9.17, 15) is 9.90 Å². The van der Waals surface area contributed by atoms with E-state index in [2.05, 4.69) is 5.32 Å². The molecule has 128 valence electrons. The molecular weight excluding hydrogens is 349 g/mol. The lowest BCUT2D eigenvalue weighted by molar-refractivity contribution is -0.123. The number of halogens is 2. The number of carbonyl (C=O) groups is 1. The van der Waals surface area contributed by atoms with Gasteiger partial charge in [0.1, 0.15) is 5.75 Å². The highest BCUT2D eigenvalue weighted by Gasteiger charge is 2.12. The third kappa shape index (κ3) is 5.13. The molecule has 0 aromatic heterocycles. The van der Waals surface area contributed by atoms with Crippen molar-refractivity contribution >= 4 is 29.1 Å². The van der Waals surface area contributed by atoms with Crippen molar-refractivity contribution in [3.63, 3.8) is 0 Å². The molecule has 1 unspecified atom stereocenters. The molecule has 0 aliphatic rings. The van der Waals surface area contributed by atoms with Crippen LogP contribution in [0.4, 0.5) is 0 Å². The first-order valence-electron chi connectivity index (χ1n) is 7.46. The number of hydrogen-bond acceptors (Lipinski definition) is 3. The van der Waals surface area contributed by atoms with Gasteiger partial charge in [0.05, 0.1) is 6.10 Å². The van der Waals surface area contributed by atoms with Crippen LogP contribution in [0.2, 0.25) is 10.0 Å². The Morgan fingerprint density at radius 2 is 1.75 bits per heavy atom. The number of hydrogen-bond donors (Lipinski definition) is 2. The van der Waals surface area contributed by atoms with Crippen LogP contribution in [0.25, 0.3) is 0 Å². The van der Waals surface area contributed by atoms with Crippen molar-refractivity contribution in [1.29, 1.82) is 0 Å². The number of carbonyl (C=O) groups excluding carboxylic acids is 1. The highest BCUT2D eigenvalue weighted by Crippen LogP contribution is 2.24. The fraction of sp³-hybridized carbons (Fsp3) is 0.278. The van der Waals surface area contributed by atoms with Gasteiger partial charge in [-0.15, -0.1) is 0 Å².